The minimum atomic E-state index is -0.107. The molecule has 0 heterocycles. The Bertz CT molecular complexity index is 330. The molecule has 0 amide bonds. The fraction of sp³-hybridized carbons (Fsp3) is 0.462. The topological polar surface area (TPSA) is 57.5 Å². The van der Waals surface area contributed by atoms with Crippen molar-refractivity contribution in [2.75, 3.05) is 6.61 Å². The monoisotopic (exact) mass is 222 g/mol. The summed E-state index contributed by atoms with van der Waals surface area (Å²) in [6.07, 6.45) is 1.17. The zero-order chi connectivity index (χ0) is 12.0. The van der Waals surface area contributed by atoms with Crippen molar-refractivity contribution in [3.8, 4) is 0 Å². The molecule has 0 saturated heterocycles. The molecule has 1 aromatic rings. The molecule has 1 atom stereocenters. The number of carbonyl (C=O) groups is 1. The molecule has 0 aliphatic heterocycles. The van der Waals surface area contributed by atoms with Crippen LogP contribution in [0.3, 0.4) is 0 Å². The van der Waals surface area contributed by atoms with Crippen LogP contribution in [0.2, 0.25) is 0 Å². The Hall–Kier alpha value is -1.19. The highest BCUT2D eigenvalue weighted by molar-refractivity contribution is 5.78. The highest BCUT2D eigenvalue weighted by Crippen LogP contribution is 2.14. The van der Waals surface area contributed by atoms with Crippen molar-refractivity contribution < 1.29 is 15.0 Å². The van der Waals surface area contributed by atoms with E-state index in [2.05, 4.69) is 0 Å². The van der Waals surface area contributed by atoms with Crippen molar-refractivity contribution in [2.45, 2.75) is 26.4 Å². The molecule has 0 aliphatic carbocycles. The van der Waals surface area contributed by atoms with E-state index in [0.29, 0.717) is 12.8 Å². The molecular formula is C13H18O3. The van der Waals surface area contributed by atoms with Crippen molar-refractivity contribution in [1.82, 2.24) is 0 Å². The first-order chi connectivity index (χ1) is 7.67. The summed E-state index contributed by atoms with van der Waals surface area (Å²) in [6.45, 7) is 1.63. The molecule has 0 radical (unpaired) electrons. The van der Waals surface area contributed by atoms with Crippen molar-refractivity contribution in [3.63, 3.8) is 0 Å². The van der Waals surface area contributed by atoms with E-state index < -0.39 is 0 Å². The quantitative estimate of drug-likeness (QED) is 0.763. The molecule has 0 aliphatic rings. The minimum absolute atomic E-state index is 0.0348. The zero-order valence-electron chi connectivity index (χ0n) is 9.52. The van der Waals surface area contributed by atoms with E-state index in [-0.39, 0.29) is 24.9 Å². The number of aliphatic hydroxyl groups excluding tert-OH is 2. The third kappa shape index (κ3) is 3.76. The van der Waals surface area contributed by atoms with Crippen molar-refractivity contribution in [2.24, 2.45) is 5.92 Å². The van der Waals surface area contributed by atoms with E-state index >= 15 is 0 Å². The minimum Gasteiger partial charge on any atom is -0.396 e. The van der Waals surface area contributed by atoms with Gasteiger partial charge in [-0.3, -0.25) is 4.79 Å². The molecule has 0 spiro atoms. The summed E-state index contributed by atoms with van der Waals surface area (Å²) in [5.74, 6) is 0.00487. The molecule has 0 saturated carbocycles. The van der Waals surface area contributed by atoms with Crippen LogP contribution < -0.4 is 0 Å². The Kier molecular flexibility index (Phi) is 5.15. The summed E-state index contributed by atoms with van der Waals surface area (Å²) in [4.78, 5) is 11.3. The molecule has 16 heavy (non-hydrogen) atoms. The predicted molar refractivity (Wildman–Crippen MR) is 61.9 cm³/mol. The van der Waals surface area contributed by atoms with E-state index in [1.165, 1.54) is 0 Å². The molecule has 0 aromatic heterocycles. The molecule has 0 fully saturated rings. The number of benzene rings is 1. The fourth-order valence-corrected chi connectivity index (χ4v) is 1.67. The normalized spacial score (nSPS) is 12.4. The van der Waals surface area contributed by atoms with Crippen molar-refractivity contribution >= 4 is 5.78 Å². The molecule has 1 unspecified atom stereocenters. The van der Waals surface area contributed by atoms with Gasteiger partial charge in [0, 0.05) is 12.5 Å². The van der Waals surface area contributed by atoms with Gasteiger partial charge in [-0.1, -0.05) is 24.3 Å². The van der Waals surface area contributed by atoms with Crippen LogP contribution in [0.1, 0.15) is 24.5 Å². The van der Waals surface area contributed by atoms with Crippen LogP contribution in [-0.2, 0) is 17.8 Å². The third-order valence-electron chi connectivity index (χ3n) is 2.74. The van der Waals surface area contributed by atoms with Gasteiger partial charge in [-0.15, -0.1) is 0 Å². The standard InChI is InChI=1S/C13H18O3/c1-10(16)13(6-7-14)8-11-2-4-12(9-15)5-3-11/h2-5,13-15H,6-9H2,1H3. The van der Waals surface area contributed by atoms with Crippen LogP contribution in [0.4, 0.5) is 0 Å². The van der Waals surface area contributed by atoms with E-state index in [1.54, 1.807) is 6.92 Å². The lowest BCUT2D eigenvalue weighted by Crippen LogP contribution is -2.15. The highest BCUT2D eigenvalue weighted by Gasteiger charge is 2.13. The first-order valence-electron chi connectivity index (χ1n) is 5.47. The second kappa shape index (κ2) is 6.40. The van der Waals surface area contributed by atoms with Gasteiger partial charge >= 0.3 is 0 Å². The Balaban J connectivity index is 2.65. The molecule has 3 heteroatoms. The Morgan fingerprint density at radius 1 is 1.19 bits per heavy atom. The van der Waals surface area contributed by atoms with Crippen LogP contribution in [0, 0.1) is 5.92 Å². The van der Waals surface area contributed by atoms with Gasteiger partial charge in [0.2, 0.25) is 0 Å². The first kappa shape index (κ1) is 12.9. The van der Waals surface area contributed by atoms with Gasteiger partial charge in [-0.2, -0.15) is 0 Å². The SMILES string of the molecule is CC(=O)C(CCO)Cc1ccc(CO)cc1. The first-order valence-corrected chi connectivity index (χ1v) is 5.47. The lowest BCUT2D eigenvalue weighted by Gasteiger charge is -2.12. The lowest BCUT2D eigenvalue weighted by atomic mass is 9.93. The van der Waals surface area contributed by atoms with Gasteiger partial charge in [0.15, 0.2) is 0 Å². The van der Waals surface area contributed by atoms with E-state index in [9.17, 15) is 4.79 Å². The van der Waals surface area contributed by atoms with Crippen LogP contribution >= 0.6 is 0 Å². The lowest BCUT2D eigenvalue weighted by molar-refractivity contribution is -0.121. The van der Waals surface area contributed by atoms with Gasteiger partial charge in [0.1, 0.15) is 5.78 Å². The number of hydrogen-bond acceptors (Lipinski definition) is 3. The number of aliphatic hydroxyl groups is 2. The van der Waals surface area contributed by atoms with Crippen molar-refractivity contribution in [1.29, 1.82) is 0 Å². The van der Waals surface area contributed by atoms with Gasteiger partial charge in [-0.25, -0.2) is 0 Å². The van der Waals surface area contributed by atoms with E-state index in [0.717, 1.165) is 11.1 Å². The maximum Gasteiger partial charge on any atom is 0.133 e. The fourth-order valence-electron chi connectivity index (χ4n) is 1.67. The summed E-state index contributed by atoms with van der Waals surface area (Å²) < 4.78 is 0. The number of ketones is 1. The molecule has 3 nitrogen and oxygen atoms in total. The number of Topliss-reactive ketones (excluding diaryl/α,β-unsaturated/α-hetero) is 1. The summed E-state index contributed by atoms with van der Waals surface area (Å²) >= 11 is 0. The van der Waals surface area contributed by atoms with Crippen molar-refractivity contribution in [3.05, 3.63) is 35.4 Å². The van der Waals surface area contributed by atoms with Crippen LogP contribution in [0.25, 0.3) is 0 Å². The summed E-state index contributed by atoms with van der Waals surface area (Å²) in [5, 5.41) is 17.8. The largest absolute Gasteiger partial charge is 0.396 e. The summed E-state index contributed by atoms with van der Waals surface area (Å²) in [5.41, 5.74) is 1.93. The zero-order valence-corrected chi connectivity index (χ0v) is 9.52. The Morgan fingerprint density at radius 3 is 2.19 bits per heavy atom. The second-order valence-electron chi connectivity index (χ2n) is 4.00. The number of rotatable bonds is 6. The molecule has 0 bridgehead atoms. The smallest absolute Gasteiger partial charge is 0.133 e. The van der Waals surface area contributed by atoms with E-state index in [4.69, 9.17) is 10.2 Å². The number of carbonyl (C=O) groups excluding carboxylic acids is 1. The average molecular weight is 222 g/mol. The maximum atomic E-state index is 11.3. The Morgan fingerprint density at radius 2 is 1.75 bits per heavy atom. The second-order valence-corrected chi connectivity index (χ2v) is 4.00. The van der Waals surface area contributed by atoms with Gasteiger partial charge in [0.05, 0.1) is 6.61 Å². The molecule has 2 N–H and O–H groups in total. The van der Waals surface area contributed by atoms with E-state index in [1.807, 2.05) is 24.3 Å². The molecule has 1 aromatic carbocycles. The number of hydrogen-bond donors (Lipinski definition) is 2. The van der Waals surface area contributed by atoms with Crippen LogP contribution in [0.15, 0.2) is 24.3 Å². The Labute approximate surface area is 95.7 Å². The maximum absolute atomic E-state index is 11.3. The molecule has 88 valence electrons. The third-order valence-corrected chi connectivity index (χ3v) is 2.74. The summed E-state index contributed by atoms with van der Waals surface area (Å²) in [7, 11) is 0. The van der Waals surface area contributed by atoms with Gasteiger partial charge in [-0.05, 0) is 30.9 Å². The molecule has 1 rings (SSSR count). The summed E-state index contributed by atoms with van der Waals surface area (Å²) in [6, 6.07) is 7.54. The van der Waals surface area contributed by atoms with Crippen LogP contribution in [0.5, 0.6) is 0 Å². The van der Waals surface area contributed by atoms with Gasteiger partial charge in [0.25, 0.3) is 0 Å². The van der Waals surface area contributed by atoms with Gasteiger partial charge < -0.3 is 10.2 Å². The average Bonchev–Trinajstić information content (AvgIpc) is 2.29. The highest BCUT2D eigenvalue weighted by atomic mass is 16.3. The molecular weight excluding hydrogens is 204 g/mol. The predicted octanol–water partition coefficient (Wildman–Crippen LogP) is 1.31. The van der Waals surface area contributed by atoms with Crippen LogP contribution in [-0.4, -0.2) is 22.6 Å².